The van der Waals surface area contributed by atoms with Crippen LogP contribution >= 0.6 is 0 Å². The molecular formula is C15H19BF3NO4. The maximum atomic E-state index is 13.3. The van der Waals surface area contributed by atoms with Crippen molar-refractivity contribution in [2.24, 2.45) is 5.73 Å². The van der Waals surface area contributed by atoms with E-state index in [9.17, 15) is 18.0 Å². The number of hydrogen-bond acceptors (Lipinski definition) is 4. The van der Waals surface area contributed by atoms with Crippen LogP contribution < -0.4 is 11.2 Å². The molecule has 0 saturated carbocycles. The minimum Gasteiger partial charge on any atom is -0.445 e. The topological polar surface area (TPSA) is 70.8 Å². The molecule has 132 valence electrons. The molecule has 0 atom stereocenters. The van der Waals surface area contributed by atoms with Gasteiger partial charge in [-0.25, -0.2) is 4.79 Å². The number of carbonyl (C=O) groups excluding carboxylic acids is 1. The molecule has 0 aromatic heterocycles. The molecule has 5 nitrogen and oxygen atoms in total. The van der Waals surface area contributed by atoms with Crippen molar-refractivity contribution in [1.82, 2.24) is 0 Å². The monoisotopic (exact) mass is 345 g/mol. The first-order valence-electron chi connectivity index (χ1n) is 7.31. The average molecular weight is 345 g/mol. The molecule has 2 rings (SSSR count). The van der Waals surface area contributed by atoms with Crippen LogP contribution in [-0.4, -0.2) is 24.4 Å². The van der Waals surface area contributed by atoms with Crippen LogP contribution in [0.3, 0.4) is 0 Å². The maximum absolute atomic E-state index is 13.3. The van der Waals surface area contributed by atoms with Gasteiger partial charge in [-0.3, -0.25) is 0 Å². The zero-order chi connectivity index (χ0) is 18.3. The summed E-state index contributed by atoms with van der Waals surface area (Å²) in [6.07, 6.45) is -5.76. The highest BCUT2D eigenvalue weighted by molar-refractivity contribution is 6.62. The molecule has 1 saturated heterocycles. The first-order valence-corrected chi connectivity index (χ1v) is 7.31. The van der Waals surface area contributed by atoms with Gasteiger partial charge in [0.15, 0.2) is 0 Å². The number of rotatable bonds is 3. The molecular weight excluding hydrogens is 326 g/mol. The van der Waals surface area contributed by atoms with Gasteiger partial charge >= 0.3 is 19.4 Å². The summed E-state index contributed by atoms with van der Waals surface area (Å²) in [6.45, 7) is 6.69. The second-order valence-electron chi connectivity index (χ2n) is 6.61. The number of hydrogen-bond donors (Lipinski definition) is 1. The van der Waals surface area contributed by atoms with Crippen molar-refractivity contribution in [3.63, 3.8) is 0 Å². The van der Waals surface area contributed by atoms with Gasteiger partial charge in [-0.1, -0.05) is 12.1 Å². The highest BCUT2D eigenvalue weighted by atomic mass is 19.4. The molecule has 0 radical (unpaired) electrons. The van der Waals surface area contributed by atoms with E-state index in [0.717, 1.165) is 6.07 Å². The SMILES string of the molecule is CC1(C)OB(c2ccc(COC(N)=O)c(C(F)(F)F)c2)OC1(C)C. The Hall–Kier alpha value is -1.74. The van der Waals surface area contributed by atoms with E-state index in [1.165, 1.54) is 12.1 Å². The zero-order valence-electron chi connectivity index (χ0n) is 13.9. The lowest BCUT2D eigenvalue weighted by Crippen LogP contribution is -2.41. The lowest BCUT2D eigenvalue weighted by Gasteiger charge is -2.32. The van der Waals surface area contributed by atoms with Crippen LogP contribution in [0, 0.1) is 0 Å². The maximum Gasteiger partial charge on any atom is 0.494 e. The highest BCUT2D eigenvalue weighted by Crippen LogP contribution is 2.37. The number of ether oxygens (including phenoxy) is 1. The molecule has 1 aromatic carbocycles. The van der Waals surface area contributed by atoms with Crippen LogP contribution in [-0.2, 0) is 26.8 Å². The van der Waals surface area contributed by atoms with E-state index >= 15 is 0 Å². The van der Waals surface area contributed by atoms with E-state index in [2.05, 4.69) is 4.74 Å². The first-order chi connectivity index (χ1) is 10.8. The second-order valence-corrected chi connectivity index (χ2v) is 6.61. The molecule has 0 unspecified atom stereocenters. The smallest absolute Gasteiger partial charge is 0.445 e. The summed E-state index contributed by atoms with van der Waals surface area (Å²) in [5.74, 6) is 0. The number of halogens is 3. The summed E-state index contributed by atoms with van der Waals surface area (Å²) in [4.78, 5) is 10.6. The molecule has 0 aliphatic carbocycles. The van der Waals surface area contributed by atoms with E-state index in [-0.39, 0.29) is 11.0 Å². The number of nitrogens with two attached hydrogens (primary N) is 1. The quantitative estimate of drug-likeness (QED) is 0.855. The Morgan fingerprint density at radius 3 is 2.21 bits per heavy atom. The minimum atomic E-state index is -4.62. The van der Waals surface area contributed by atoms with E-state index in [4.69, 9.17) is 15.0 Å². The van der Waals surface area contributed by atoms with Crippen molar-refractivity contribution in [3.05, 3.63) is 29.3 Å². The Labute approximate surface area is 138 Å². The lowest BCUT2D eigenvalue weighted by atomic mass is 9.77. The molecule has 1 heterocycles. The molecule has 1 aliphatic heterocycles. The van der Waals surface area contributed by atoms with Crippen LogP contribution in [0.15, 0.2) is 18.2 Å². The predicted octanol–water partition coefficient (Wildman–Crippen LogP) is 2.60. The van der Waals surface area contributed by atoms with Crippen LogP contribution in [0.5, 0.6) is 0 Å². The van der Waals surface area contributed by atoms with Crippen LogP contribution in [0.2, 0.25) is 0 Å². The van der Waals surface area contributed by atoms with Gasteiger partial charge < -0.3 is 19.8 Å². The molecule has 9 heteroatoms. The van der Waals surface area contributed by atoms with E-state index in [1.54, 1.807) is 0 Å². The van der Waals surface area contributed by atoms with Gasteiger partial charge in [0.05, 0.1) is 16.8 Å². The summed E-state index contributed by atoms with van der Waals surface area (Å²) < 4.78 is 55.9. The van der Waals surface area contributed by atoms with Crippen molar-refractivity contribution in [2.75, 3.05) is 0 Å². The number of benzene rings is 1. The van der Waals surface area contributed by atoms with Gasteiger partial charge in [0, 0.05) is 5.56 Å². The van der Waals surface area contributed by atoms with Gasteiger partial charge in [-0.2, -0.15) is 13.2 Å². The fourth-order valence-corrected chi connectivity index (χ4v) is 2.26. The van der Waals surface area contributed by atoms with E-state index < -0.39 is 42.8 Å². The molecule has 1 fully saturated rings. The molecule has 1 aromatic rings. The van der Waals surface area contributed by atoms with Crippen molar-refractivity contribution >= 4 is 18.7 Å². The molecule has 2 N–H and O–H groups in total. The molecule has 0 bridgehead atoms. The van der Waals surface area contributed by atoms with Gasteiger partial charge in [0.2, 0.25) is 0 Å². The normalized spacial score (nSPS) is 19.4. The fraction of sp³-hybridized carbons (Fsp3) is 0.533. The first kappa shape index (κ1) is 18.6. The largest absolute Gasteiger partial charge is 0.494 e. The Bertz CT molecular complexity index is 630. The summed E-state index contributed by atoms with van der Waals surface area (Å²) in [5.41, 5.74) is 2.61. The average Bonchev–Trinajstić information content (AvgIpc) is 2.64. The number of alkyl halides is 3. The van der Waals surface area contributed by atoms with Crippen LogP contribution in [0.4, 0.5) is 18.0 Å². The summed E-state index contributed by atoms with van der Waals surface area (Å²) in [5, 5.41) is 0. The van der Waals surface area contributed by atoms with Crippen LogP contribution in [0.25, 0.3) is 0 Å². The lowest BCUT2D eigenvalue weighted by molar-refractivity contribution is -0.138. The van der Waals surface area contributed by atoms with Crippen molar-refractivity contribution in [2.45, 2.75) is 51.7 Å². The molecule has 1 amide bonds. The molecule has 1 aliphatic rings. The van der Waals surface area contributed by atoms with Crippen molar-refractivity contribution in [3.8, 4) is 0 Å². The van der Waals surface area contributed by atoms with Crippen molar-refractivity contribution < 1.29 is 32.0 Å². The highest BCUT2D eigenvalue weighted by Gasteiger charge is 2.52. The fourth-order valence-electron chi connectivity index (χ4n) is 2.26. The number of primary amides is 1. The third-order valence-corrected chi connectivity index (χ3v) is 4.33. The molecule has 0 spiro atoms. The Morgan fingerprint density at radius 1 is 1.21 bits per heavy atom. The standard InChI is InChI=1S/C15H19BF3NO4/c1-13(2)14(3,4)24-16(23-13)10-6-5-9(8-22-12(20)21)11(7-10)15(17,18)19/h5-7H,8H2,1-4H3,(H2,20,21). The number of amides is 1. The summed E-state index contributed by atoms with van der Waals surface area (Å²) >= 11 is 0. The summed E-state index contributed by atoms with van der Waals surface area (Å²) in [7, 11) is -0.915. The third-order valence-electron chi connectivity index (χ3n) is 4.33. The van der Waals surface area contributed by atoms with Gasteiger partial charge in [-0.05, 0) is 39.2 Å². The predicted molar refractivity (Wildman–Crippen MR) is 81.5 cm³/mol. The molecule has 24 heavy (non-hydrogen) atoms. The van der Waals surface area contributed by atoms with Crippen molar-refractivity contribution in [1.29, 1.82) is 0 Å². The van der Waals surface area contributed by atoms with E-state index in [1.807, 2.05) is 27.7 Å². The minimum absolute atomic E-state index is 0.193. The third kappa shape index (κ3) is 3.67. The summed E-state index contributed by atoms with van der Waals surface area (Å²) in [6, 6.07) is 3.63. The second kappa shape index (κ2) is 5.96. The Kier molecular flexibility index (Phi) is 4.62. The van der Waals surface area contributed by atoms with Gasteiger partial charge in [0.1, 0.15) is 6.61 Å². The van der Waals surface area contributed by atoms with Gasteiger partial charge in [-0.15, -0.1) is 0 Å². The number of carbonyl (C=O) groups is 1. The zero-order valence-corrected chi connectivity index (χ0v) is 13.9. The Balaban J connectivity index is 2.35. The Morgan fingerprint density at radius 2 is 1.75 bits per heavy atom. The van der Waals surface area contributed by atoms with Crippen LogP contribution in [0.1, 0.15) is 38.8 Å². The van der Waals surface area contributed by atoms with Gasteiger partial charge in [0.25, 0.3) is 0 Å². The van der Waals surface area contributed by atoms with E-state index in [0.29, 0.717) is 0 Å².